The van der Waals surface area contributed by atoms with Crippen LogP contribution in [-0.2, 0) is 27.4 Å². The second-order valence-electron chi connectivity index (χ2n) is 8.46. The summed E-state index contributed by atoms with van der Waals surface area (Å²) in [6.07, 6.45) is 9.68. The van der Waals surface area contributed by atoms with E-state index in [1.807, 2.05) is 0 Å². The van der Waals surface area contributed by atoms with E-state index in [1.54, 1.807) is 0 Å². The van der Waals surface area contributed by atoms with Gasteiger partial charge < -0.3 is 0 Å². The van der Waals surface area contributed by atoms with Crippen LogP contribution in [-0.4, -0.2) is 14.1 Å². The van der Waals surface area contributed by atoms with E-state index in [4.69, 9.17) is 0 Å². The van der Waals surface area contributed by atoms with Crippen LogP contribution in [0.3, 0.4) is 0 Å². The molecule has 0 saturated carbocycles. The molecule has 0 fully saturated rings. The van der Waals surface area contributed by atoms with E-state index in [2.05, 4.69) is 116 Å². The fourth-order valence-corrected chi connectivity index (χ4v) is 9.51. The van der Waals surface area contributed by atoms with Gasteiger partial charge in [0.1, 0.15) is 0 Å². The quantitative estimate of drug-likeness (QED) is 0.387. The van der Waals surface area contributed by atoms with Crippen LogP contribution in [0.25, 0.3) is 12.2 Å². The van der Waals surface area contributed by atoms with Gasteiger partial charge in [-0.25, -0.2) is 0 Å². The Morgan fingerprint density at radius 1 is 0.733 bits per heavy atom. The number of benzene rings is 3. The van der Waals surface area contributed by atoms with Gasteiger partial charge in [0, 0.05) is 0 Å². The molecule has 2 heteroatoms. The van der Waals surface area contributed by atoms with Gasteiger partial charge in [-0.3, -0.25) is 0 Å². The monoisotopic (exact) mass is 467 g/mol. The van der Waals surface area contributed by atoms with Crippen molar-refractivity contribution in [2.75, 3.05) is 19.0 Å². The third-order valence-electron chi connectivity index (χ3n) is 6.45. The molecule has 2 atom stereocenters. The Hall–Kier alpha value is -2.18. The van der Waals surface area contributed by atoms with Crippen molar-refractivity contribution in [1.29, 1.82) is 0 Å². The predicted molar refractivity (Wildman–Crippen MR) is 125 cm³/mol. The zero-order valence-corrected chi connectivity index (χ0v) is 20.1. The molecule has 0 saturated heterocycles. The number of hydrogen-bond donors (Lipinski definition) is 0. The molecule has 0 aromatic heterocycles. The summed E-state index contributed by atoms with van der Waals surface area (Å²) in [7, 11) is 4.32. The van der Waals surface area contributed by atoms with E-state index in [1.165, 1.54) is 37.6 Å². The van der Waals surface area contributed by atoms with Gasteiger partial charge in [-0.05, 0) is 0 Å². The summed E-state index contributed by atoms with van der Waals surface area (Å²) in [6, 6.07) is 27.0. The van der Waals surface area contributed by atoms with Crippen molar-refractivity contribution in [2.24, 2.45) is 0 Å². The molecule has 148 valence electrons. The molecule has 2 aliphatic carbocycles. The molecule has 30 heavy (non-hydrogen) atoms. The van der Waals surface area contributed by atoms with Crippen LogP contribution in [0.2, 0.25) is 3.63 Å². The number of hydrogen-bond acceptors (Lipinski definition) is 1. The van der Waals surface area contributed by atoms with Gasteiger partial charge in [-0.2, -0.15) is 0 Å². The number of fused-ring (bicyclic) bond motifs is 2. The van der Waals surface area contributed by atoms with Crippen LogP contribution in [0.1, 0.15) is 39.7 Å². The number of nitrogens with zero attached hydrogens (tertiary/aromatic N) is 1. The summed E-state index contributed by atoms with van der Waals surface area (Å²) >= 11 is -0.742. The number of anilines is 1. The number of para-hydroxylation sites is 1. The molecule has 0 spiro atoms. The van der Waals surface area contributed by atoms with Gasteiger partial charge in [0.25, 0.3) is 0 Å². The molecular weight excluding hydrogens is 442 g/mol. The van der Waals surface area contributed by atoms with Crippen molar-refractivity contribution in [3.63, 3.8) is 0 Å². The maximum atomic E-state index is 2.49. The van der Waals surface area contributed by atoms with Gasteiger partial charge >= 0.3 is 192 Å². The van der Waals surface area contributed by atoms with Gasteiger partial charge in [-0.1, -0.05) is 0 Å². The molecule has 2 aliphatic rings. The first kappa shape index (κ1) is 19.8. The van der Waals surface area contributed by atoms with E-state index in [-0.39, 0.29) is 0 Å². The molecule has 3 aromatic rings. The summed E-state index contributed by atoms with van der Waals surface area (Å²) in [5.41, 5.74) is 8.78. The molecule has 3 aromatic carbocycles. The molecule has 0 aliphatic heterocycles. The molecule has 0 amide bonds. The van der Waals surface area contributed by atoms with Gasteiger partial charge in [0.2, 0.25) is 0 Å². The van der Waals surface area contributed by atoms with Crippen LogP contribution in [0.15, 0.2) is 84.9 Å². The molecule has 0 radical (unpaired) electrons. The van der Waals surface area contributed by atoms with Crippen LogP contribution >= 0.6 is 0 Å². The SMILES string of the molecule is CN(C)c1ccccc1[CH2][Zr][CH](C1C=Cc2ccccc21)C1C=Cc2ccccc21. The third-order valence-corrected chi connectivity index (χ3v) is 10.8. The van der Waals surface area contributed by atoms with E-state index in [0.29, 0.717) is 15.5 Å². The normalized spacial score (nSPS) is 19.4. The van der Waals surface area contributed by atoms with Crippen molar-refractivity contribution in [1.82, 2.24) is 0 Å². The van der Waals surface area contributed by atoms with Crippen molar-refractivity contribution < 1.29 is 23.2 Å². The summed E-state index contributed by atoms with van der Waals surface area (Å²) in [6.45, 7) is 0. The first-order valence-electron chi connectivity index (χ1n) is 10.8. The summed E-state index contributed by atoms with van der Waals surface area (Å²) in [5.74, 6) is 1.08. The van der Waals surface area contributed by atoms with Gasteiger partial charge in [0.05, 0.1) is 0 Å². The molecule has 2 unspecified atom stereocenters. The minimum absolute atomic E-state index is 0.542. The second kappa shape index (κ2) is 8.52. The van der Waals surface area contributed by atoms with E-state index >= 15 is 0 Å². The minimum atomic E-state index is -0.742. The summed E-state index contributed by atoms with van der Waals surface area (Å²) < 4.78 is 1.98. The average molecular weight is 469 g/mol. The Balaban J connectivity index is 1.49. The second-order valence-corrected chi connectivity index (χ2v) is 12.0. The zero-order chi connectivity index (χ0) is 20.5. The van der Waals surface area contributed by atoms with E-state index in [0.717, 1.165) is 0 Å². The molecule has 5 rings (SSSR count). The van der Waals surface area contributed by atoms with Crippen molar-refractivity contribution in [3.05, 3.63) is 113 Å². The summed E-state index contributed by atoms with van der Waals surface area (Å²) in [5, 5.41) is 0. The third kappa shape index (κ3) is 3.67. The van der Waals surface area contributed by atoms with Crippen molar-refractivity contribution in [3.8, 4) is 0 Å². The fraction of sp³-hybridized carbons (Fsp3) is 0.214. The van der Waals surface area contributed by atoms with Gasteiger partial charge in [0.15, 0.2) is 0 Å². The van der Waals surface area contributed by atoms with Crippen LogP contribution in [0.4, 0.5) is 5.69 Å². The van der Waals surface area contributed by atoms with Crippen molar-refractivity contribution >= 4 is 17.8 Å². The molecule has 0 bridgehead atoms. The van der Waals surface area contributed by atoms with Crippen LogP contribution in [0, 0.1) is 0 Å². The van der Waals surface area contributed by atoms with E-state index < -0.39 is 23.2 Å². The Morgan fingerprint density at radius 3 is 1.87 bits per heavy atom. The standard InChI is InChI=1S/C19H15.C9H12N.Zr/c1-3-7-18-14(5-1)9-11-16(18)13-17-12-10-15-6-2-4-8-19(15)17;1-8-6-4-5-7-9(8)10(2)3;/h1-13,16-17H;4-7H,1H2,2-3H3;. The topological polar surface area (TPSA) is 3.24 Å². The zero-order valence-electron chi connectivity index (χ0n) is 17.6. The molecule has 0 heterocycles. The van der Waals surface area contributed by atoms with Crippen LogP contribution in [0.5, 0.6) is 0 Å². The maximum absolute atomic E-state index is 2.49. The van der Waals surface area contributed by atoms with Crippen molar-refractivity contribution in [2.45, 2.75) is 19.6 Å². The molecule has 0 N–H and O–H groups in total. The van der Waals surface area contributed by atoms with E-state index in [9.17, 15) is 0 Å². The Morgan fingerprint density at radius 2 is 1.27 bits per heavy atom. The fourth-order valence-electron chi connectivity index (χ4n) is 4.98. The predicted octanol–water partition coefficient (Wildman–Crippen LogP) is 6.74. The summed E-state index contributed by atoms with van der Waals surface area (Å²) in [4.78, 5) is 2.26. The first-order chi connectivity index (χ1) is 14.7. The average Bonchev–Trinajstić information content (AvgIpc) is 3.39. The number of rotatable bonds is 6. The van der Waals surface area contributed by atoms with Crippen LogP contribution < -0.4 is 4.90 Å². The number of allylic oxidation sites excluding steroid dienone is 2. The molecule has 1 nitrogen and oxygen atoms in total. The Kier molecular flexibility index (Phi) is 5.61. The Bertz CT molecular complexity index is 1050. The first-order valence-corrected chi connectivity index (χ1v) is 13.9. The van der Waals surface area contributed by atoms with Gasteiger partial charge in [-0.15, -0.1) is 0 Å². The Labute approximate surface area is 191 Å². The molecular formula is C28H27NZr.